The molecule has 3 aromatic rings. The number of aryl methyl sites for hydroxylation is 2. The van der Waals surface area contributed by atoms with Gasteiger partial charge < -0.3 is 0 Å². The Balaban J connectivity index is 2.12. The van der Waals surface area contributed by atoms with Crippen LogP contribution in [0, 0.1) is 6.92 Å². The van der Waals surface area contributed by atoms with Gasteiger partial charge in [0, 0.05) is 5.56 Å². The van der Waals surface area contributed by atoms with Crippen LogP contribution in [0.1, 0.15) is 18.2 Å². The van der Waals surface area contributed by atoms with Gasteiger partial charge in [-0.1, -0.05) is 42.5 Å². The van der Waals surface area contributed by atoms with Crippen LogP contribution in [0.5, 0.6) is 0 Å². The first-order valence-electron chi connectivity index (χ1n) is 5.80. The second kappa shape index (κ2) is 4.48. The van der Waals surface area contributed by atoms with Gasteiger partial charge >= 0.3 is 0 Å². The van der Waals surface area contributed by atoms with Crippen molar-refractivity contribution >= 4 is 32.2 Å². The van der Waals surface area contributed by atoms with Gasteiger partial charge in [-0.05, 0) is 34.8 Å². The van der Waals surface area contributed by atoms with Gasteiger partial charge in [0.2, 0.25) is 4.96 Å². The molecule has 3 rings (SSSR count). The van der Waals surface area contributed by atoms with E-state index in [-0.39, 0.29) is 0 Å². The van der Waals surface area contributed by atoms with Crippen molar-refractivity contribution in [3.05, 3.63) is 39.4 Å². The lowest BCUT2D eigenvalue weighted by Gasteiger charge is -2.00. The highest BCUT2D eigenvalue weighted by Gasteiger charge is 2.13. The molecule has 0 aliphatic heterocycles. The predicted molar refractivity (Wildman–Crippen MR) is 78.1 cm³/mol. The van der Waals surface area contributed by atoms with Crippen LogP contribution in [0.2, 0.25) is 0 Å². The van der Waals surface area contributed by atoms with Crippen LogP contribution in [-0.4, -0.2) is 14.6 Å². The van der Waals surface area contributed by atoms with Crippen molar-refractivity contribution in [2.45, 2.75) is 20.3 Å². The monoisotopic (exact) mass is 321 g/mol. The predicted octanol–water partition coefficient (Wildman–Crippen LogP) is 4.09. The molecule has 0 bridgehead atoms. The number of aromatic nitrogens is 3. The Bertz CT molecular complexity index is 697. The number of imidazole rings is 1. The van der Waals surface area contributed by atoms with Crippen LogP contribution >= 0.6 is 27.3 Å². The summed E-state index contributed by atoms with van der Waals surface area (Å²) in [5, 5.41) is 4.38. The Kier molecular flexibility index (Phi) is 2.95. The average Bonchev–Trinajstić information content (AvgIpc) is 2.88. The van der Waals surface area contributed by atoms with Crippen LogP contribution < -0.4 is 0 Å². The highest BCUT2D eigenvalue weighted by molar-refractivity contribution is 9.11. The fourth-order valence-electron chi connectivity index (χ4n) is 2.00. The number of rotatable bonds is 2. The smallest absolute Gasteiger partial charge is 0.213 e. The first kappa shape index (κ1) is 11.9. The SMILES string of the molecule is CCc1ccc(-c2nc3sc(Br)nn3c2C)cc1. The summed E-state index contributed by atoms with van der Waals surface area (Å²) in [7, 11) is 0. The van der Waals surface area contributed by atoms with Gasteiger partial charge in [0.25, 0.3) is 0 Å². The third-order valence-electron chi connectivity index (χ3n) is 3.04. The Hall–Kier alpha value is -1.20. The summed E-state index contributed by atoms with van der Waals surface area (Å²) in [6, 6.07) is 8.58. The Labute approximate surface area is 118 Å². The van der Waals surface area contributed by atoms with Crippen molar-refractivity contribution in [3.63, 3.8) is 0 Å². The molecule has 0 amide bonds. The van der Waals surface area contributed by atoms with Gasteiger partial charge in [0.15, 0.2) is 3.92 Å². The fourth-order valence-corrected chi connectivity index (χ4v) is 3.26. The first-order valence-corrected chi connectivity index (χ1v) is 7.41. The third kappa shape index (κ3) is 1.87. The van der Waals surface area contributed by atoms with E-state index in [0.29, 0.717) is 0 Å². The number of benzene rings is 1. The van der Waals surface area contributed by atoms with Crippen LogP contribution in [0.25, 0.3) is 16.2 Å². The molecule has 5 heteroatoms. The van der Waals surface area contributed by atoms with E-state index in [9.17, 15) is 0 Å². The van der Waals surface area contributed by atoms with Crippen molar-refractivity contribution in [2.75, 3.05) is 0 Å². The molecule has 1 aromatic carbocycles. The van der Waals surface area contributed by atoms with Crippen LogP contribution in [0.15, 0.2) is 28.2 Å². The van der Waals surface area contributed by atoms with Gasteiger partial charge in [-0.15, -0.1) is 5.10 Å². The second-order valence-electron chi connectivity index (χ2n) is 4.15. The molecule has 0 unspecified atom stereocenters. The third-order valence-corrected chi connectivity index (χ3v) is 4.38. The number of hydrogen-bond donors (Lipinski definition) is 0. The molecule has 0 saturated carbocycles. The van der Waals surface area contributed by atoms with Crippen molar-refractivity contribution in [2.24, 2.45) is 0 Å². The Morgan fingerprint density at radius 1 is 1.28 bits per heavy atom. The van der Waals surface area contributed by atoms with E-state index in [0.717, 1.165) is 32.2 Å². The molecule has 92 valence electrons. The minimum absolute atomic E-state index is 0.862. The van der Waals surface area contributed by atoms with E-state index in [4.69, 9.17) is 0 Å². The number of halogens is 1. The highest BCUT2D eigenvalue weighted by atomic mass is 79.9. The molecule has 18 heavy (non-hydrogen) atoms. The molecule has 2 aromatic heterocycles. The number of hydrogen-bond acceptors (Lipinski definition) is 3. The number of fused-ring (bicyclic) bond motifs is 1. The van der Waals surface area contributed by atoms with E-state index in [2.05, 4.69) is 64.1 Å². The van der Waals surface area contributed by atoms with E-state index >= 15 is 0 Å². The van der Waals surface area contributed by atoms with E-state index in [1.807, 2.05) is 4.52 Å². The molecule has 0 fully saturated rings. The van der Waals surface area contributed by atoms with Crippen LogP contribution in [0.4, 0.5) is 0 Å². The highest BCUT2D eigenvalue weighted by Crippen LogP contribution is 2.28. The zero-order valence-corrected chi connectivity index (χ0v) is 12.5. The summed E-state index contributed by atoms with van der Waals surface area (Å²) in [6.45, 7) is 4.21. The topological polar surface area (TPSA) is 30.2 Å². The first-order chi connectivity index (χ1) is 8.69. The standard InChI is InChI=1S/C13H12BrN3S/c1-3-9-4-6-10(7-5-9)11-8(2)17-13(15-11)18-12(14)16-17/h4-7H,3H2,1-2H3. The molecule has 0 N–H and O–H groups in total. The molecule has 0 saturated heterocycles. The van der Waals surface area contributed by atoms with E-state index in [1.54, 1.807) is 11.3 Å². The van der Waals surface area contributed by atoms with Crippen molar-refractivity contribution in [1.82, 2.24) is 14.6 Å². The van der Waals surface area contributed by atoms with Crippen LogP contribution in [0.3, 0.4) is 0 Å². The lowest BCUT2D eigenvalue weighted by Crippen LogP contribution is -1.88. The summed E-state index contributed by atoms with van der Waals surface area (Å²) in [5.74, 6) is 0. The second-order valence-corrected chi connectivity index (χ2v) is 6.38. The normalized spacial score (nSPS) is 11.3. The maximum absolute atomic E-state index is 4.65. The van der Waals surface area contributed by atoms with Gasteiger partial charge in [0.1, 0.15) is 0 Å². The van der Waals surface area contributed by atoms with Gasteiger partial charge in [0.05, 0.1) is 11.4 Å². The van der Waals surface area contributed by atoms with Crippen LogP contribution in [-0.2, 0) is 6.42 Å². The lowest BCUT2D eigenvalue weighted by atomic mass is 10.1. The molecule has 0 atom stereocenters. The molecule has 3 nitrogen and oxygen atoms in total. The molecular formula is C13H12BrN3S. The van der Waals surface area contributed by atoms with E-state index in [1.165, 1.54) is 5.56 Å². The van der Waals surface area contributed by atoms with Crippen molar-refractivity contribution in [3.8, 4) is 11.3 Å². The molecule has 0 radical (unpaired) electrons. The summed E-state index contributed by atoms with van der Waals surface area (Å²) in [4.78, 5) is 5.57. The van der Waals surface area contributed by atoms with Crippen molar-refractivity contribution < 1.29 is 0 Å². The van der Waals surface area contributed by atoms with Crippen molar-refractivity contribution in [1.29, 1.82) is 0 Å². The molecule has 0 aliphatic carbocycles. The summed E-state index contributed by atoms with van der Waals surface area (Å²) >= 11 is 4.93. The minimum atomic E-state index is 0.862. The maximum Gasteiger partial charge on any atom is 0.213 e. The summed E-state index contributed by atoms with van der Waals surface area (Å²) in [6.07, 6.45) is 1.06. The molecule has 0 aliphatic rings. The molecule has 0 spiro atoms. The summed E-state index contributed by atoms with van der Waals surface area (Å²) < 4.78 is 2.75. The zero-order chi connectivity index (χ0) is 12.7. The largest absolute Gasteiger partial charge is 0.217 e. The van der Waals surface area contributed by atoms with Gasteiger partial charge in [-0.2, -0.15) is 0 Å². The Morgan fingerprint density at radius 3 is 2.61 bits per heavy atom. The minimum Gasteiger partial charge on any atom is -0.217 e. The number of nitrogens with zero attached hydrogens (tertiary/aromatic N) is 3. The molecule has 2 heterocycles. The summed E-state index contributed by atoms with van der Waals surface area (Å²) in [5.41, 5.74) is 4.59. The fraction of sp³-hybridized carbons (Fsp3) is 0.231. The van der Waals surface area contributed by atoms with Gasteiger partial charge in [-0.25, -0.2) is 9.50 Å². The maximum atomic E-state index is 4.65. The zero-order valence-electron chi connectivity index (χ0n) is 10.1. The van der Waals surface area contributed by atoms with Gasteiger partial charge in [-0.3, -0.25) is 0 Å². The molecular weight excluding hydrogens is 310 g/mol. The van der Waals surface area contributed by atoms with E-state index < -0.39 is 0 Å². The average molecular weight is 322 g/mol. The lowest BCUT2D eigenvalue weighted by molar-refractivity contribution is 0.919. The quantitative estimate of drug-likeness (QED) is 0.711. The Morgan fingerprint density at radius 2 is 2.00 bits per heavy atom.